The first-order chi connectivity index (χ1) is 15.3. The van der Waals surface area contributed by atoms with E-state index in [1.165, 1.54) is 0 Å². The summed E-state index contributed by atoms with van der Waals surface area (Å²) in [4.78, 5) is 41.7. The molecule has 2 heterocycles. The molecule has 0 saturated carbocycles. The van der Waals surface area contributed by atoms with Gasteiger partial charge in [-0.15, -0.1) is 0 Å². The number of anilines is 2. The Morgan fingerprint density at radius 2 is 1.81 bits per heavy atom. The Bertz CT molecular complexity index is 848. The minimum Gasteiger partial charge on any atom is -0.378 e. The predicted molar refractivity (Wildman–Crippen MR) is 123 cm³/mol. The summed E-state index contributed by atoms with van der Waals surface area (Å²) in [5.41, 5.74) is 1.67. The summed E-state index contributed by atoms with van der Waals surface area (Å²) in [5, 5.41) is 17.2. The van der Waals surface area contributed by atoms with Crippen LogP contribution in [-0.4, -0.2) is 72.9 Å². The molecule has 174 valence electrons. The molecule has 2 aliphatic rings. The van der Waals surface area contributed by atoms with Crippen LogP contribution in [0.4, 0.5) is 11.4 Å². The van der Waals surface area contributed by atoms with E-state index in [0.29, 0.717) is 18.7 Å². The maximum absolute atomic E-state index is 13.2. The van der Waals surface area contributed by atoms with Crippen LogP contribution < -0.4 is 15.5 Å². The molecule has 10 nitrogen and oxygen atoms in total. The van der Waals surface area contributed by atoms with Crippen molar-refractivity contribution in [2.24, 2.45) is 0 Å². The summed E-state index contributed by atoms with van der Waals surface area (Å²) in [7, 11) is 3.86. The van der Waals surface area contributed by atoms with E-state index in [2.05, 4.69) is 10.6 Å². The Hall–Kier alpha value is -3.30. The minimum atomic E-state index is -0.636. The summed E-state index contributed by atoms with van der Waals surface area (Å²) in [6.45, 7) is 2.07. The molecule has 10 heteroatoms. The molecule has 0 aromatic heterocycles. The highest BCUT2D eigenvalue weighted by Gasteiger charge is 2.30. The molecular formula is C22H32N6O4. The lowest BCUT2D eigenvalue weighted by atomic mass is 10.1. The minimum absolute atomic E-state index is 0.0309. The molecule has 32 heavy (non-hydrogen) atoms. The highest BCUT2D eigenvalue weighted by atomic mass is 16.6. The lowest BCUT2D eigenvalue weighted by Gasteiger charge is -2.27. The molecule has 1 aromatic rings. The van der Waals surface area contributed by atoms with Gasteiger partial charge in [0, 0.05) is 45.1 Å². The van der Waals surface area contributed by atoms with Gasteiger partial charge in [0.1, 0.15) is 6.04 Å². The summed E-state index contributed by atoms with van der Waals surface area (Å²) < 4.78 is 0. The third-order valence-corrected chi connectivity index (χ3v) is 5.79. The molecule has 0 bridgehead atoms. The molecule has 2 aliphatic heterocycles. The van der Waals surface area contributed by atoms with E-state index in [1.807, 2.05) is 43.3 Å². The summed E-state index contributed by atoms with van der Waals surface area (Å²) in [6, 6.07) is 6.80. The zero-order chi connectivity index (χ0) is 23.1. The lowest BCUT2D eigenvalue weighted by molar-refractivity contribution is -0.403. The van der Waals surface area contributed by atoms with E-state index >= 15 is 0 Å². The predicted octanol–water partition coefficient (Wildman–Crippen LogP) is 1.83. The zero-order valence-corrected chi connectivity index (χ0v) is 18.7. The standard InChI is InChI=1S/C22H32N6O4/c1-25(2)18-10-8-17(9-11-18)23-20(15-28(31)32)24-19-7-3-4-14-27(22(19)30)16-21(29)26-12-5-6-13-26/h8-11,15,19,23-24H,3-7,12-14,16H2,1-2H3. The van der Waals surface area contributed by atoms with Crippen LogP contribution >= 0.6 is 0 Å². The number of carbonyl (C=O) groups excluding carboxylic acids is 2. The molecule has 2 fully saturated rings. The third-order valence-electron chi connectivity index (χ3n) is 5.79. The fourth-order valence-corrected chi connectivity index (χ4v) is 4.02. The lowest BCUT2D eigenvalue weighted by Crippen LogP contribution is -2.49. The van der Waals surface area contributed by atoms with Gasteiger partial charge in [-0.25, -0.2) is 0 Å². The van der Waals surface area contributed by atoms with Crippen LogP contribution in [0.2, 0.25) is 0 Å². The molecule has 2 amide bonds. The largest absolute Gasteiger partial charge is 0.378 e. The maximum atomic E-state index is 13.2. The molecule has 0 radical (unpaired) electrons. The monoisotopic (exact) mass is 444 g/mol. The van der Waals surface area contributed by atoms with E-state index in [1.54, 1.807) is 9.80 Å². The SMILES string of the molecule is CN(C)c1ccc(NC(=C[N+](=O)[O-])NC2CCCCN(CC(=O)N3CCCC3)C2=O)cc1. The van der Waals surface area contributed by atoms with Crippen molar-refractivity contribution in [2.75, 3.05) is 50.5 Å². The molecule has 1 atom stereocenters. The van der Waals surface area contributed by atoms with Crippen molar-refractivity contribution in [3.05, 3.63) is 46.4 Å². The van der Waals surface area contributed by atoms with Gasteiger partial charge in [-0.1, -0.05) is 0 Å². The van der Waals surface area contributed by atoms with Gasteiger partial charge in [0.15, 0.2) is 5.82 Å². The highest BCUT2D eigenvalue weighted by Crippen LogP contribution is 2.19. The second-order valence-electron chi connectivity index (χ2n) is 8.43. The van der Waals surface area contributed by atoms with Crippen molar-refractivity contribution < 1.29 is 14.5 Å². The van der Waals surface area contributed by atoms with Gasteiger partial charge in [-0.05, 0) is 56.4 Å². The van der Waals surface area contributed by atoms with Crippen LogP contribution in [-0.2, 0) is 9.59 Å². The van der Waals surface area contributed by atoms with Gasteiger partial charge in [0.25, 0.3) is 6.20 Å². The number of nitro groups is 1. The number of likely N-dealkylation sites (tertiary alicyclic amines) is 2. The fraction of sp³-hybridized carbons (Fsp3) is 0.545. The van der Waals surface area contributed by atoms with Crippen molar-refractivity contribution in [3.63, 3.8) is 0 Å². The Labute approximate surface area is 188 Å². The van der Waals surface area contributed by atoms with Crippen LogP contribution in [0.15, 0.2) is 36.3 Å². The van der Waals surface area contributed by atoms with Crippen molar-refractivity contribution in [2.45, 2.75) is 38.1 Å². The Kier molecular flexibility index (Phi) is 7.91. The Balaban J connectivity index is 1.69. The van der Waals surface area contributed by atoms with Gasteiger partial charge < -0.3 is 25.3 Å². The fourth-order valence-electron chi connectivity index (χ4n) is 4.02. The van der Waals surface area contributed by atoms with Gasteiger partial charge in [-0.3, -0.25) is 19.7 Å². The zero-order valence-electron chi connectivity index (χ0n) is 18.7. The summed E-state index contributed by atoms with van der Waals surface area (Å²) in [5.74, 6) is -0.0932. The maximum Gasteiger partial charge on any atom is 0.274 e. The second-order valence-corrected chi connectivity index (χ2v) is 8.43. The quantitative estimate of drug-likeness (QED) is 0.465. The summed E-state index contributed by atoms with van der Waals surface area (Å²) >= 11 is 0. The number of hydrogen-bond donors (Lipinski definition) is 2. The second kappa shape index (κ2) is 10.8. The number of amides is 2. The van der Waals surface area contributed by atoms with Crippen molar-refractivity contribution >= 4 is 23.2 Å². The van der Waals surface area contributed by atoms with Crippen LogP contribution in [0.1, 0.15) is 32.1 Å². The van der Waals surface area contributed by atoms with Crippen LogP contribution in [0, 0.1) is 10.1 Å². The number of carbonyl (C=O) groups is 2. The first-order valence-corrected chi connectivity index (χ1v) is 11.1. The van der Waals surface area contributed by atoms with E-state index in [9.17, 15) is 19.7 Å². The average molecular weight is 445 g/mol. The van der Waals surface area contributed by atoms with E-state index in [0.717, 1.165) is 50.7 Å². The molecule has 1 aromatic carbocycles. The van der Waals surface area contributed by atoms with E-state index in [4.69, 9.17) is 0 Å². The molecule has 0 aliphatic carbocycles. The Morgan fingerprint density at radius 3 is 2.44 bits per heavy atom. The van der Waals surface area contributed by atoms with Gasteiger partial charge in [0.2, 0.25) is 11.8 Å². The van der Waals surface area contributed by atoms with E-state index < -0.39 is 11.0 Å². The number of hydrogen-bond acceptors (Lipinski definition) is 7. The molecule has 2 saturated heterocycles. The molecule has 3 rings (SSSR count). The summed E-state index contributed by atoms with van der Waals surface area (Å²) in [6.07, 6.45) is 4.97. The first kappa shape index (κ1) is 23.4. The molecule has 2 N–H and O–H groups in total. The average Bonchev–Trinajstić information content (AvgIpc) is 3.24. The van der Waals surface area contributed by atoms with Crippen molar-refractivity contribution in [1.82, 2.24) is 15.1 Å². The molecule has 1 unspecified atom stereocenters. The number of nitrogens with zero attached hydrogens (tertiary/aromatic N) is 4. The highest BCUT2D eigenvalue weighted by molar-refractivity contribution is 5.88. The first-order valence-electron chi connectivity index (χ1n) is 11.1. The number of nitrogens with one attached hydrogen (secondary N) is 2. The Morgan fingerprint density at radius 1 is 1.16 bits per heavy atom. The van der Waals surface area contributed by atoms with Gasteiger partial charge >= 0.3 is 0 Å². The third kappa shape index (κ3) is 6.35. The van der Waals surface area contributed by atoms with Crippen LogP contribution in [0.3, 0.4) is 0 Å². The van der Waals surface area contributed by atoms with Crippen LogP contribution in [0.5, 0.6) is 0 Å². The smallest absolute Gasteiger partial charge is 0.274 e. The molecule has 0 spiro atoms. The van der Waals surface area contributed by atoms with Gasteiger partial charge in [0.05, 0.1) is 11.5 Å². The van der Waals surface area contributed by atoms with Gasteiger partial charge in [-0.2, -0.15) is 0 Å². The van der Waals surface area contributed by atoms with E-state index in [-0.39, 0.29) is 24.2 Å². The van der Waals surface area contributed by atoms with Crippen molar-refractivity contribution in [3.8, 4) is 0 Å². The number of benzene rings is 1. The number of rotatable bonds is 8. The van der Waals surface area contributed by atoms with Crippen LogP contribution in [0.25, 0.3) is 0 Å². The molecular weight excluding hydrogens is 412 g/mol. The normalized spacial score (nSPS) is 19.5. The topological polar surface area (TPSA) is 111 Å². The van der Waals surface area contributed by atoms with Crippen molar-refractivity contribution in [1.29, 1.82) is 0 Å².